The molecule has 5 N–H and O–H groups in total. The molecule has 0 heterocycles. The van der Waals surface area contributed by atoms with Crippen LogP contribution in [0.25, 0.3) is 0 Å². The fraction of sp³-hybridized carbons (Fsp3) is 0.190. The molecule has 2 aromatic rings. The predicted octanol–water partition coefficient (Wildman–Crippen LogP) is 0.694. The maximum absolute atomic E-state index is 12.4. The van der Waals surface area contributed by atoms with Gasteiger partial charge in [0.05, 0.1) is 0 Å². The lowest BCUT2D eigenvalue weighted by molar-refractivity contribution is -0.202. The Hall–Kier alpha value is -4.66. The number of carboxylic acid groups (broad SMARTS) is 1. The van der Waals surface area contributed by atoms with Crippen molar-refractivity contribution in [2.45, 2.75) is 12.7 Å². The van der Waals surface area contributed by atoms with Crippen LogP contribution < -0.4 is 26.1 Å². The maximum Gasteiger partial charge on any atom is 0.491 e. The number of alkyl halides is 3. The second-order valence-electron chi connectivity index (χ2n) is 6.70. The number of ether oxygens (including phenoxy) is 3. The summed E-state index contributed by atoms with van der Waals surface area (Å²) in [5, 5.41) is 8.81. The van der Waals surface area contributed by atoms with Crippen molar-refractivity contribution in [3.63, 3.8) is 0 Å². The number of halogens is 3. The van der Waals surface area contributed by atoms with Gasteiger partial charge in [-0.1, -0.05) is 12.1 Å². The molecule has 0 radical (unpaired) electrons. The zero-order chi connectivity index (χ0) is 26.9. The summed E-state index contributed by atoms with van der Waals surface area (Å²) in [6.45, 7) is -1.89. The van der Waals surface area contributed by atoms with Gasteiger partial charge in [0.2, 0.25) is 0 Å². The Kier molecular flexibility index (Phi) is 9.32. The number of rotatable bonds is 9. The third-order valence-corrected chi connectivity index (χ3v) is 4.05. The highest BCUT2D eigenvalue weighted by Gasteiger charge is 2.42. The topological polar surface area (TPSA) is 183 Å². The van der Waals surface area contributed by atoms with Crippen molar-refractivity contribution in [3.8, 4) is 11.5 Å². The van der Waals surface area contributed by atoms with E-state index in [-0.39, 0.29) is 29.2 Å². The van der Waals surface area contributed by atoms with E-state index < -0.39 is 49.1 Å². The minimum absolute atomic E-state index is 0.159. The second-order valence-corrected chi connectivity index (χ2v) is 6.70. The normalized spacial score (nSPS) is 10.7. The van der Waals surface area contributed by atoms with Crippen LogP contribution in [0.15, 0.2) is 42.5 Å². The molecule has 0 saturated carbocycles. The number of nitrogens with two attached hydrogens (primary N) is 1. The second kappa shape index (κ2) is 12.2. The first kappa shape index (κ1) is 27.6. The summed E-state index contributed by atoms with van der Waals surface area (Å²) >= 11 is 0. The highest BCUT2D eigenvalue weighted by Crippen LogP contribution is 2.28. The summed E-state index contributed by atoms with van der Waals surface area (Å²) in [4.78, 5) is 57.6. The van der Waals surface area contributed by atoms with E-state index >= 15 is 0 Å². The van der Waals surface area contributed by atoms with Crippen molar-refractivity contribution in [1.29, 1.82) is 0 Å². The summed E-state index contributed by atoms with van der Waals surface area (Å²) in [6.07, 6.45) is -5.40. The van der Waals surface area contributed by atoms with Crippen LogP contribution in [0.3, 0.4) is 0 Å². The number of hydrogen-bond donors (Lipinski definition) is 4. The minimum atomic E-state index is -5.40. The molecular weight excluding hydrogens is 495 g/mol. The van der Waals surface area contributed by atoms with Gasteiger partial charge in [0.15, 0.2) is 24.7 Å². The van der Waals surface area contributed by atoms with Crippen LogP contribution in [0.2, 0.25) is 0 Å². The van der Waals surface area contributed by atoms with E-state index in [1.165, 1.54) is 12.1 Å². The van der Waals surface area contributed by atoms with E-state index in [1.807, 2.05) is 0 Å². The van der Waals surface area contributed by atoms with Gasteiger partial charge < -0.3 is 25.1 Å². The first-order chi connectivity index (χ1) is 16.9. The van der Waals surface area contributed by atoms with Crippen molar-refractivity contribution in [3.05, 3.63) is 59.2 Å². The molecule has 0 aliphatic rings. The van der Waals surface area contributed by atoms with Crippen molar-refractivity contribution in [1.82, 2.24) is 10.9 Å². The Labute approximate surface area is 200 Å². The van der Waals surface area contributed by atoms with Gasteiger partial charge >= 0.3 is 24.1 Å². The number of carboxylic acids is 1. The minimum Gasteiger partial charge on any atom is -0.479 e. The van der Waals surface area contributed by atoms with Gasteiger partial charge in [0.1, 0.15) is 0 Å². The van der Waals surface area contributed by atoms with Gasteiger partial charge in [-0.3, -0.25) is 20.4 Å². The molecule has 0 fully saturated rings. The monoisotopic (exact) mass is 513 g/mol. The standard InChI is InChI=1S/C21H18F3N3O9/c22-21(23,24)20(33)36-17(30)10-35-14-5-4-13(7-15(14)34-9-16(28)29)19(32)27-26-18(31)12-3-1-2-11(6-12)8-25/h1-7H,8-10,25H2,(H,26,31)(H,27,32)(H,28,29). The molecule has 192 valence electrons. The summed E-state index contributed by atoms with van der Waals surface area (Å²) in [6, 6.07) is 9.44. The average molecular weight is 513 g/mol. The average Bonchev–Trinajstić information content (AvgIpc) is 2.84. The lowest BCUT2D eigenvalue weighted by Gasteiger charge is -2.13. The molecule has 0 saturated heterocycles. The molecule has 0 aliphatic carbocycles. The maximum atomic E-state index is 12.4. The van der Waals surface area contributed by atoms with E-state index in [0.29, 0.717) is 5.56 Å². The van der Waals surface area contributed by atoms with Crippen LogP contribution in [0.5, 0.6) is 11.5 Å². The fourth-order valence-corrected chi connectivity index (χ4v) is 2.45. The van der Waals surface area contributed by atoms with Gasteiger partial charge in [-0.15, -0.1) is 0 Å². The van der Waals surface area contributed by atoms with Gasteiger partial charge in [-0.05, 0) is 35.9 Å². The molecule has 0 aliphatic heterocycles. The number of hydrogen-bond acceptors (Lipinski definition) is 9. The molecule has 0 unspecified atom stereocenters. The fourth-order valence-electron chi connectivity index (χ4n) is 2.45. The molecule has 0 aromatic heterocycles. The molecule has 2 amide bonds. The van der Waals surface area contributed by atoms with Gasteiger partial charge in [0, 0.05) is 17.7 Å². The number of amides is 2. The molecule has 0 bridgehead atoms. The SMILES string of the molecule is NCc1cccc(C(=O)NNC(=O)c2ccc(OCC(=O)OC(=O)C(F)(F)F)c(OCC(=O)O)c2)c1. The zero-order valence-electron chi connectivity index (χ0n) is 18.1. The van der Waals surface area contributed by atoms with Crippen molar-refractivity contribution in [2.24, 2.45) is 5.73 Å². The molecule has 0 atom stereocenters. The van der Waals surface area contributed by atoms with Crippen LogP contribution in [-0.4, -0.2) is 54.2 Å². The quantitative estimate of drug-likeness (QED) is 0.211. The van der Waals surface area contributed by atoms with Gasteiger partial charge in [-0.25, -0.2) is 14.4 Å². The summed E-state index contributed by atoms with van der Waals surface area (Å²) in [7, 11) is 0. The van der Waals surface area contributed by atoms with Gasteiger partial charge in [-0.2, -0.15) is 13.2 Å². The number of carbonyl (C=O) groups is 5. The number of carbonyl (C=O) groups excluding carboxylic acids is 4. The summed E-state index contributed by atoms with van der Waals surface area (Å²) in [5.41, 5.74) is 10.6. The zero-order valence-corrected chi connectivity index (χ0v) is 18.1. The Balaban J connectivity index is 2.08. The van der Waals surface area contributed by atoms with E-state index in [2.05, 4.69) is 15.6 Å². The highest BCUT2D eigenvalue weighted by molar-refractivity contribution is 5.99. The van der Waals surface area contributed by atoms with E-state index in [9.17, 15) is 37.1 Å². The van der Waals surface area contributed by atoms with Crippen LogP contribution in [0.4, 0.5) is 13.2 Å². The van der Waals surface area contributed by atoms with Crippen molar-refractivity contribution < 1.29 is 56.5 Å². The molecular formula is C21H18F3N3O9. The molecule has 2 aromatic carbocycles. The van der Waals surface area contributed by atoms with E-state index in [4.69, 9.17) is 20.3 Å². The Morgan fingerprint density at radius 1 is 0.861 bits per heavy atom. The predicted molar refractivity (Wildman–Crippen MR) is 111 cm³/mol. The summed E-state index contributed by atoms with van der Waals surface area (Å²) in [5.74, 6) is -8.12. The molecule has 36 heavy (non-hydrogen) atoms. The largest absolute Gasteiger partial charge is 0.491 e. The number of nitrogens with one attached hydrogen (secondary N) is 2. The van der Waals surface area contributed by atoms with E-state index in [1.54, 1.807) is 12.1 Å². The Morgan fingerprint density at radius 2 is 1.47 bits per heavy atom. The molecule has 2 rings (SSSR count). The van der Waals surface area contributed by atoms with Crippen molar-refractivity contribution >= 4 is 29.7 Å². The lowest BCUT2D eigenvalue weighted by Crippen LogP contribution is -2.41. The first-order valence-electron chi connectivity index (χ1n) is 9.73. The van der Waals surface area contributed by atoms with Crippen LogP contribution in [0, 0.1) is 0 Å². The molecule has 0 spiro atoms. The number of esters is 2. The first-order valence-corrected chi connectivity index (χ1v) is 9.73. The lowest BCUT2D eigenvalue weighted by atomic mass is 10.1. The Bertz CT molecular complexity index is 1170. The number of benzene rings is 2. The smallest absolute Gasteiger partial charge is 0.479 e. The number of aliphatic carboxylic acids is 1. The third-order valence-electron chi connectivity index (χ3n) is 4.05. The highest BCUT2D eigenvalue weighted by atomic mass is 19.4. The van der Waals surface area contributed by atoms with Crippen LogP contribution in [-0.2, 0) is 25.7 Å². The van der Waals surface area contributed by atoms with Gasteiger partial charge in [0.25, 0.3) is 11.8 Å². The summed E-state index contributed by atoms with van der Waals surface area (Å²) < 4.78 is 50.0. The van der Waals surface area contributed by atoms with E-state index in [0.717, 1.165) is 18.2 Å². The number of hydrazine groups is 1. The third kappa shape index (κ3) is 8.28. The molecule has 15 heteroatoms. The molecule has 12 nitrogen and oxygen atoms in total. The van der Waals surface area contributed by atoms with Crippen LogP contribution >= 0.6 is 0 Å². The van der Waals surface area contributed by atoms with Crippen LogP contribution in [0.1, 0.15) is 26.3 Å². The Morgan fingerprint density at radius 3 is 2.06 bits per heavy atom. The van der Waals surface area contributed by atoms with Crippen molar-refractivity contribution in [2.75, 3.05) is 13.2 Å².